The molecule has 6 heteroatoms. The highest BCUT2D eigenvalue weighted by Gasteiger charge is 2.23. The maximum absolute atomic E-state index is 13.8. The Bertz CT molecular complexity index is 1390. The van der Waals surface area contributed by atoms with Crippen molar-refractivity contribution in [1.82, 2.24) is 9.55 Å². The van der Waals surface area contributed by atoms with Gasteiger partial charge in [0.2, 0.25) is 0 Å². The molecule has 0 fully saturated rings. The van der Waals surface area contributed by atoms with E-state index >= 15 is 0 Å². The number of carbonyl (C=O) groups is 1. The van der Waals surface area contributed by atoms with E-state index in [0.717, 1.165) is 40.7 Å². The van der Waals surface area contributed by atoms with Crippen LogP contribution in [0.4, 0.5) is 0 Å². The van der Waals surface area contributed by atoms with Crippen LogP contribution in [0.15, 0.2) is 58.5 Å². The molecular formula is C26H24N2O2S2. The van der Waals surface area contributed by atoms with E-state index in [4.69, 9.17) is 4.98 Å². The van der Waals surface area contributed by atoms with Crippen LogP contribution in [0.1, 0.15) is 44.8 Å². The summed E-state index contributed by atoms with van der Waals surface area (Å²) in [6.45, 7) is 4.11. The summed E-state index contributed by atoms with van der Waals surface area (Å²) in [5, 5.41) is 1.34. The number of thioether (sulfide) groups is 1. The molecule has 2 heterocycles. The molecule has 1 aliphatic rings. The van der Waals surface area contributed by atoms with Crippen molar-refractivity contribution in [3.8, 4) is 5.69 Å². The van der Waals surface area contributed by atoms with Gasteiger partial charge in [-0.25, -0.2) is 4.98 Å². The summed E-state index contributed by atoms with van der Waals surface area (Å²) in [6, 6.07) is 15.3. The number of nitrogens with zero attached hydrogens (tertiary/aromatic N) is 2. The number of Topliss-reactive ketones (excluding diaryl/α,β-unsaturated/α-hetero) is 1. The molecule has 4 aromatic rings. The number of thiophene rings is 1. The van der Waals surface area contributed by atoms with Crippen molar-refractivity contribution in [2.75, 3.05) is 5.75 Å². The van der Waals surface area contributed by atoms with Gasteiger partial charge >= 0.3 is 0 Å². The molecule has 0 unspecified atom stereocenters. The number of aromatic nitrogens is 2. The van der Waals surface area contributed by atoms with E-state index in [9.17, 15) is 9.59 Å². The van der Waals surface area contributed by atoms with Crippen molar-refractivity contribution in [1.29, 1.82) is 0 Å². The van der Waals surface area contributed by atoms with Crippen molar-refractivity contribution < 1.29 is 4.79 Å². The van der Waals surface area contributed by atoms with Crippen molar-refractivity contribution in [3.05, 3.63) is 86.0 Å². The number of ketones is 1. The van der Waals surface area contributed by atoms with Crippen LogP contribution < -0.4 is 5.56 Å². The van der Waals surface area contributed by atoms with Crippen LogP contribution in [0.5, 0.6) is 0 Å². The number of hydrogen-bond donors (Lipinski definition) is 0. The van der Waals surface area contributed by atoms with Gasteiger partial charge in [-0.3, -0.25) is 14.2 Å². The average Bonchev–Trinajstić information content (AvgIpc) is 3.19. The van der Waals surface area contributed by atoms with Gasteiger partial charge in [-0.1, -0.05) is 48.2 Å². The van der Waals surface area contributed by atoms with Gasteiger partial charge in [0.1, 0.15) is 4.83 Å². The van der Waals surface area contributed by atoms with Crippen LogP contribution in [0.25, 0.3) is 15.9 Å². The molecule has 0 N–H and O–H groups in total. The minimum Gasteiger partial charge on any atom is -0.293 e. The molecule has 162 valence electrons. The minimum absolute atomic E-state index is 0.0210. The summed E-state index contributed by atoms with van der Waals surface area (Å²) in [6.07, 6.45) is 4.24. The lowest BCUT2D eigenvalue weighted by molar-refractivity contribution is 0.102. The van der Waals surface area contributed by atoms with Gasteiger partial charge in [-0.15, -0.1) is 11.3 Å². The fourth-order valence-electron chi connectivity index (χ4n) is 4.21. The normalized spacial score (nSPS) is 13.3. The molecule has 1 aliphatic carbocycles. The Morgan fingerprint density at radius 3 is 2.62 bits per heavy atom. The van der Waals surface area contributed by atoms with E-state index in [1.54, 1.807) is 15.9 Å². The zero-order chi connectivity index (χ0) is 22.2. The highest BCUT2D eigenvalue weighted by atomic mass is 32.2. The second-order valence-electron chi connectivity index (χ2n) is 8.27. The number of aryl methyl sites for hydroxylation is 4. The third-order valence-corrected chi connectivity index (χ3v) is 8.26. The van der Waals surface area contributed by atoms with Gasteiger partial charge in [0.25, 0.3) is 5.56 Å². The number of hydrogen-bond acceptors (Lipinski definition) is 5. The van der Waals surface area contributed by atoms with Gasteiger partial charge in [0.15, 0.2) is 10.9 Å². The first-order valence-corrected chi connectivity index (χ1v) is 12.7. The summed E-state index contributed by atoms with van der Waals surface area (Å²) in [4.78, 5) is 33.6. The van der Waals surface area contributed by atoms with Gasteiger partial charge < -0.3 is 0 Å². The first-order chi connectivity index (χ1) is 15.5. The van der Waals surface area contributed by atoms with Crippen LogP contribution in [-0.2, 0) is 12.8 Å². The Hall–Kier alpha value is -2.70. The molecule has 0 spiro atoms. The Morgan fingerprint density at radius 1 is 1.06 bits per heavy atom. The maximum Gasteiger partial charge on any atom is 0.267 e. The zero-order valence-corrected chi connectivity index (χ0v) is 19.8. The molecule has 4 nitrogen and oxygen atoms in total. The zero-order valence-electron chi connectivity index (χ0n) is 18.2. The quantitative estimate of drug-likeness (QED) is 0.211. The molecule has 0 saturated heterocycles. The fraction of sp³-hybridized carbons (Fsp3) is 0.269. The summed E-state index contributed by atoms with van der Waals surface area (Å²) < 4.78 is 1.71. The van der Waals surface area contributed by atoms with Crippen LogP contribution in [0.2, 0.25) is 0 Å². The number of carbonyl (C=O) groups excluding carboxylic acids is 1. The molecule has 0 bridgehead atoms. The van der Waals surface area contributed by atoms with Crippen LogP contribution >= 0.6 is 23.1 Å². The Kier molecular flexibility index (Phi) is 5.74. The topological polar surface area (TPSA) is 52.0 Å². The molecule has 0 radical (unpaired) electrons. The summed E-state index contributed by atoms with van der Waals surface area (Å²) in [5.41, 5.74) is 4.94. The van der Waals surface area contributed by atoms with Crippen LogP contribution in [0.3, 0.4) is 0 Å². The van der Waals surface area contributed by atoms with Gasteiger partial charge in [0, 0.05) is 10.4 Å². The molecular weight excluding hydrogens is 436 g/mol. The standard InChI is InChI=1S/C26H24N2O2S2/c1-16-12-13-19(14-17(16)2)28-25(30)23-20-10-6-7-11-22(20)32-24(23)27-26(28)31-15-21(29)18-8-4-3-5-9-18/h3-5,8-9,12-14H,6-7,10-11,15H2,1-2H3. The Morgan fingerprint density at radius 2 is 1.84 bits per heavy atom. The van der Waals surface area contributed by atoms with Crippen molar-refractivity contribution in [3.63, 3.8) is 0 Å². The lowest BCUT2D eigenvalue weighted by Gasteiger charge is -2.14. The van der Waals surface area contributed by atoms with E-state index in [0.29, 0.717) is 10.7 Å². The lowest BCUT2D eigenvalue weighted by Crippen LogP contribution is -2.23. The van der Waals surface area contributed by atoms with Gasteiger partial charge in [-0.05, 0) is 68.4 Å². The lowest BCUT2D eigenvalue weighted by atomic mass is 9.97. The third kappa shape index (κ3) is 3.82. The second-order valence-corrected chi connectivity index (χ2v) is 10.3. The van der Waals surface area contributed by atoms with E-state index in [-0.39, 0.29) is 17.1 Å². The largest absolute Gasteiger partial charge is 0.293 e. The monoisotopic (exact) mass is 460 g/mol. The fourth-order valence-corrected chi connectivity index (χ4v) is 6.42. The molecule has 32 heavy (non-hydrogen) atoms. The average molecular weight is 461 g/mol. The van der Waals surface area contributed by atoms with Crippen LogP contribution in [-0.4, -0.2) is 21.1 Å². The highest BCUT2D eigenvalue weighted by Crippen LogP contribution is 2.35. The predicted molar refractivity (Wildman–Crippen MR) is 133 cm³/mol. The molecule has 5 rings (SSSR count). The molecule has 0 saturated carbocycles. The first kappa shape index (κ1) is 21.2. The Labute approximate surface area is 195 Å². The highest BCUT2D eigenvalue weighted by molar-refractivity contribution is 7.99. The molecule has 2 aromatic carbocycles. The number of benzene rings is 2. The Balaban J connectivity index is 1.64. The smallest absolute Gasteiger partial charge is 0.267 e. The SMILES string of the molecule is Cc1ccc(-n2c(SCC(=O)c3ccccc3)nc3sc4c(c3c2=O)CCCC4)cc1C. The maximum atomic E-state index is 13.8. The summed E-state index contributed by atoms with van der Waals surface area (Å²) in [5.74, 6) is 0.264. The van der Waals surface area contributed by atoms with E-state index < -0.39 is 0 Å². The van der Waals surface area contributed by atoms with Gasteiger partial charge in [-0.2, -0.15) is 0 Å². The summed E-state index contributed by atoms with van der Waals surface area (Å²) >= 11 is 2.98. The molecule has 0 aliphatic heterocycles. The van der Waals surface area contributed by atoms with E-state index in [2.05, 4.69) is 6.92 Å². The number of fused-ring (bicyclic) bond motifs is 3. The van der Waals surface area contributed by atoms with Crippen molar-refractivity contribution in [2.45, 2.75) is 44.7 Å². The van der Waals surface area contributed by atoms with Crippen LogP contribution in [0, 0.1) is 13.8 Å². The molecule has 0 amide bonds. The summed E-state index contributed by atoms with van der Waals surface area (Å²) in [7, 11) is 0. The predicted octanol–water partition coefficient (Wildman–Crippen LogP) is 5.92. The molecule has 2 aromatic heterocycles. The second kappa shape index (κ2) is 8.68. The minimum atomic E-state index is -0.0210. The van der Waals surface area contributed by atoms with E-state index in [1.807, 2.05) is 55.5 Å². The molecule has 0 atom stereocenters. The van der Waals surface area contributed by atoms with Gasteiger partial charge in [0.05, 0.1) is 16.8 Å². The van der Waals surface area contributed by atoms with Crippen molar-refractivity contribution >= 4 is 39.1 Å². The first-order valence-electron chi connectivity index (χ1n) is 10.9. The van der Waals surface area contributed by atoms with E-state index in [1.165, 1.54) is 34.2 Å². The van der Waals surface area contributed by atoms with Crippen molar-refractivity contribution in [2.24, 2.45) is 0 Å². The number of rotatable bonds is 5. The third-order valence-electron chi connectivity index (χ3n) is 6.13.